The molecule has 1 aliphatic rings. The summed E-state index contributed by atoms with van der Waals surface area (Å²) in [5.41, 5.74) is 2.75. The van der Waals surface area contributed by atoms with Gasteiger partial charge in [-0.2, -0.15) is 0 Å². The Hall–Kier alpha value is -6.42. The molecule has 1 aliphatic heterocycles. The van der Waals surface area contributed by atoms with E-state index in [0.717, 1.165) is 31.9 Å². The van der Waals surface area contributed by atoms with Crippen LogP contribution in [0.5, 0.6) is 0 Å². The van der Waals surface area contributed by atoms with Crippen molar-refractivity contribution in [3.05, 3.63) is 192 Å². The molecule has 316 valence electrons. The van der Waals surface area contributed by atoms with Crippen LogP contribution in [0, 0.1) is 11.6 Å². The molecule has 0 N–H and O–H groups in total. The van der Waals surface area contributed by atoms with Crippen LogP contribution < -0.4 is 8.61 Å². The molecule has 6 aromatic carbocycles. The molecule has 1 fully saturated rings. The lowest BCUT2D eigenvalue weighted by Crippen LogP contribution is -2.40. The Kier molecular flexibility index (Phi) is 14.3. The second-order valence-electron chi connectivity index (χ2n) is 14.1. The molecule has 2 amide bonds. The zero-order valence-electron chi connectivity index (χ0n) is 33.5. The molecule has 1 heterocycles. The number of hydrogen-bond donors (Lipinski definition) is 0. The van der Waals surface area contributed by atoms with Crippen molar-refractivity contribution in [1.29, 1.82) is 0 Å². The van der Waals surface area contributed by atoms with Gasteiger partial charge in [-0.25, -0.2) is 25.6 Å². The molecule has 6 aromatic rings. The number of rotatable bonds is 12. The quantitative estimate of drug-likeness (QED) is 0.124. The van der Waals surface area contributed by atoms with E-state index in [0.29, 0.717) is 37.4 Å². The molecule has 15 heteroatoms. The number of anilines is 2. The van der Waals surface area contributed by atoms with E-state index in [1.54, 1.807) is 97.9 Å². The van der Waals surface area contributed by atoms with Gasteiger partial charge >= 0.3 is 0 Å². The molecular weight excluding hydrogens is 823 g/mol. The summed E-state index contributed by atoms with van der Waals surface area (Å²) >= 11 is 0. The third-order valence-corrected chi connectivity index (χ3v) is 13.2. The lowest BCUT2D eigenvalue weighted by Gasteiger charge is -2.28. The van der Waals surface area contributed by atoms with Gasteiger partial charge in [-0.05, 0) is 71.8 Å². The van der Waals surface area contributed by atoms with E-state index in [9.17, 15) is 35.2 Å². The summed E-state index contributed by atoms with van der Waals surface area (Å²) in [6.07, 6.45) is 0. The lowest BCUT2D eigenvalue weighted by molar-refractivity contribution is 0.0303. The molecule has 0 radical (unpaired) electrons. The summed E-state index contributed by atoms with van der Waals surface area (Å²) in [5, 5.41) is 0. The minimum absolute atomic E-state index is 0.00286. The average Bonchev–Trinajstić information content (AvgIpc) is 3.28. The van der Waals surface area contributed by atoms with Crippen LogP contribution >= 0.6 is 0 Å². The van der Waals surface area contributed by atoms with E-state index < -0.39 is 41.5 Å². The van der Waals surface area contributed by atoms with Crippen LogP contribution in [-0.4, -0.2) is 78.8 Å². The van der Waals surface area contributed by atoms with Crippen LogP contribution in [0.2, 0.25) is 0 Å². The van der Waals surface area contributed by atoms with Gasteiger partial charge in [-0.15, -0.1) is 0 Å². The van der Waals surface area contributed by atoms with E-state index in [4.69, 9.17) is 4.74 Å². The molecular formula is C46H44F2N4O7S2. The van der Waals surface area contributed by atoms with Gasteiger partial charge in [0, 0.05) is 38.3 Å². The van der Waals surface area contributed by atoms with Crippen LogP contribution in [0.1, 0.15) is 31.8 Å². The average molecular weight is 867 g/mol. The maximum atomic E-state index is 14.5. The van der Waals surface area contributed by atoms with Gasteiger partial charge in [0.25, 0.3) is 31.9 Å². The molecule has 0 atom stereocenters. The largest absolute Gasteiger partial charge is 0.378 e. The predicted molar refractivity (Wildman–Crippen MR) is 230 cm³/mol. The first-order valence-electron chi connectivity index (χ1n) is 19.2. The third-order valence-electron chi connectivity index (χ3n) is 9.61. The summed E-state index contributed by atoms with van der Waals surface area (Å²) in [5.74, 6) is -2.11. The van der Waals surface area contributed by atoms with Crippen molar-refractivity contribution < 1.29 is 39.9 Å². The van der Waals surface area contributed by atoms with Gasteiger partial charge in [0.05, 0.1) is 37.7 Å². The zero-order valence-corrected chi connectivity index (χ0v) is 35.1. The normalized spacial score (nSPS) is 12.8. The Bertz CT molecular complexity index is 2680. The lowest BCUT2D eigenvalue weighted by atomic mass is 10.1. The SMILES string of the molecule is CN(C)C(=O)c1cccc(N(Cc2ccccc2)S(=O)(=O)c2ccccc2F)c1.O=C(c1cccc(N(Cc2ccccc2)S(=O)(=O)c2ccccc2F)c1)N1CCOCC1. The first kappa shape index (κ1) is 44.1. The molecule has 0 unspecified atom stereocenters. The topological polar surface area (TPSA) is 125 Å². The Morgan fingerprint density at radius 1 is 0.557 bits per heavy atom. The van der Waals surface area contributed by atoms with Crippen molar-refractivity contribution in [3.8, 4) is 0 Å². The Balaban J connectivity index is 0.000000205. The van der Waals surface area contributed by atoms with E-state index in [1.165, 1.54) is 47.4 Å². The minimum atomic E-state index is -4.24. The number of carbonyl (C=O) groups excluding carboxylic acids is 2. The maximum absolute atomic E-state index is 14.5. The maximum Gasteiger partial charge on any atom is 0.267 e. The van der Waals surface area contributed by atoms with Gasteiger partial charge in [0.2, 0.25) is 0 Å². The highest BCUT2D eigenvalue weighted by Crippen LogP contribution is 2.30. The van der Waals surface area contributed by atoms with Crippen molar-refractivity contribution >= 4 is 43.2 Å². The number of sulfonamides is 2. The second-order valence-corrected chi connectivity index (χ2v) is 17.7. The van der Waals surface area contributed by atoms with Gasteiger partial charge in [-0.1, -0.05) is 97.1 Å². The van der Waals surface area contributed by atoms with Crippen LogP contribution in [0.4, 0.5) is 20.2 Å². The standard InChI is InChI=1S/C24H23FN2O4S.C22H21FN2O3S/c25-22-11-4-5-12-23(22)32(29,30)27(18-19-7-2-1-3-8-19)21-10-6-9-20(17-21)24(28)26-13-15-31-16-14-26;1-24(2)22(26)18-11-8-12-19(15-18)25(16-17-9-4-3-5-10-17)29(27,28)21-14-7-6-13-20(21)23/h1-12,17H,13-16,18H2;3-15H,16H2,1-2H3. The van der Waals surface area contributed by atoms with Crippen molar-refractivity contribution in [2.75, 3.05) is 49.0 Å². The van der Waals surface area contributed by atoms with E-state index >= 15 is 0 Å². The van der Waals surface area contributed by atoms with E-state index in [-0.39, 0.29) is 36.3 Å². The van der Waals surface area contributed by atoms with E-state index in [2.05, 4.69) is 0 Å². The summed E-state index contributed by atoms with van der Waals surface area (Å²) in [7, 11) is -5.21. The van der Waals surface area contributed by atoms with Gasteiger partial charge < -0.3 is 14.5 Å². The Labute approximate surface area is 355 Å². The van der Waals surface area contributed by atoms with Crippen LogP contribution in [0.3, 0.4) is 0 Å². The molecule has 0 spiro atoms. The first-order chi connectivity index (χ1) is 29.3. The van der Waals surface area contributed by atoms with Crippen LogP contribution in [-0.2, 0) is 37.9 Å². The van der Waals surface area contributed by atoms with Gasteiger partial charge in [0.15, 0.2) is 0 Å². The summed E-state index contributed by atoms with van der Waals surface area (Å²) in [6.45, 7) is 1.87. The van der Waals surface area contributed by atoms with Crippen molar-refractivity contribution in [2.24, 2.45) is 0 Å². The van der Waals surface area contributed by atoms with Gasteiger partial charge in [-0.3, -0.25) is 18.2 Å². The third kappa shape index (κ3) is 10.7. The molecule has 11 nitrogen and oxygen atoms in total. The summed E-state index contributed by atoms with van der Waals surface area (Å²) < 4.78 is 90.1. The number of carbonyl (C=O) groups is 2. The highest BCUT2D eigenvalue weighted by atomic mass is 32.2. The van der Waals surface area contributed by atoms with Crippen LogP contribution in [0.15, 0.2) is 168 Å². The monoisotopic (exact) mass is 866 g/mol. The first-order valence-corrected chi connectivity index (χ1v) is 22.1. The molecule has 0 saturated carbocycles. The number of benzene rings is 6. The number of nitrogens with zero attached hydrogens (tertiary/aromatic N) is 4. The predicted octanol–water partition coefficient (Wildman–Crippen LogP) is 7.62. The number of morpholine rings is 1. The molecule has 1 saturated heterocycles. The van der Waals surface area contributed by atoms with Crippen molar-refractivity contribution in [3.63, 3.8) is 0 Å². The van der Waals surface area contributed by atoms with Gasteiger partial charge in [0.1, 0.15) is 21.4 Å². The zero-order chi connectivity index (χ0) is 43.6. The number of amides is 2. The van der Waals surface area contributed by atoms with Crippen molar-refractivity contribution in [1.82, 2.24) is 9.80 Å². The Morgan fingerprint density at radius 3 is 1.41 bits per heavy atom. The molecule has 61 heavy (non-hydrogen) atoms. The fourth-order valence-corrected chi connectivity index (χ4v) is 9.49. The Morgan fingerprint density at radius 2 is 0.967 bits per heavy atom. The smallest absolute Gasteiger partial charge is 0.267 e. The molecule has 7 rings (SSSR count). The van der Waals surface area contributed by atoms with Crippen molar-refractivity contribution in [2.45, 2.75) is 22.9 Å². The fourth-order valence-electron chi connectivity index (χ4n) is 6.47. The summed E-state index contributed by atoms with van der Waals surface area (Å²) in [6, 6.07) is 41.4. The van der Waals surface area contributed by atoms with E-state index in [1.807, 2.05) is 24.3 Å². The number of ether oxygens (including phenoxy) is 1. The highest BCUT2D eigenvalue weighted by molar-refractivity contribution is 7.93. The fraction of sp³-hybridized carbons (Fsp3) is 0.174. The summed E-state index contributed by atoms with van der Waals surface area (Å²) in [4.78, 5) is 27.6. The molecule has 0 bridgehead atoms. The van der Waals surface area contributed by atoms with Crippen LogP contribution in [0.25, 0.3) is 0 Å². The highest BCUT2D eigenvalue weighted by Gasteiger charge is 2.30. The number of hydrogen-bond acceptors (Lipinski definition) is 7. The minimum Gasteiger partial charge on any atom is -0.378 e. The molecule has 0 aromatic heterocycles. The number of halogens is 2. The molecule has 0 aliphatic carbocycles. The second kappa shape index (κ2) is 19.8.